The first kappa shape index (κ1) is 25.9. The third-order valence-corrected chi connectivity index (χ3v) is 10.8. The first-order valence-corrected chi connectivity index (χ1v) is 14.5. The van der Waals surface area contributed by atoms with Crippen LogP contribution in [0.1, 0.15) is 76.0 Å². The van der Waals surface area contributed by atoms with Crippen LogP contribution in [0.25, 0.3) is 0 Å². The molecular formula is C34H39NO4. The van der Waals surface area contributed by atoms with Crippen molar-refractivity contribution < 1.29 is 19.4 Å². The summed E-state index contributed by atoms with van der Waals surface area (Å²) in [7, 11) is 0. The lowest BCUT2D eigenvalue weighted by Crippen LogP contribution is -2.51. The first-order valence-electron chi connectivity index (χ1n) is 14.5. The minimum atomic E-state index is -1.23. The SMILES string of the molecule is C[C@]12CCC(OC(=O)O)=CC1=CC[C@@H]1[C@@H]2CC[C@]2(C)C(C(=O)NC(c3ccccc3)c3ccccc3)CC[C@@H]12. The molecule has 0 radical (unpaired) electrons. The van der Waals surface area contributed by atoms with Crippen LogP contribution in [0.3, 0.4) is 0 Å². The van der Waals surface area contributed by atoms with Crippen LogP contribution in [0.2, 0.25) is 0 Å². The number of allylic oxidation sites excluding steroid dienone is 4. The molecule has 6 rings (SSSR count). The van der Waals surface area contributed by atoms with Crippen molar-refractivity contribution in [3.05, 3.63) is 95.3 Å². The molecule has 0 bridgehead atoms. The van der Waals surface area contributed by atoms with E-state index in [1.807, 2.05) is 42.5 Å². The monoisotopic (exact) mass is 525 g/mol. The minimum absolute atomic E-state index is 0.00698. The van der Waals surface area contributed by atoms with E-state index in [-0.39, 0.29) is 28.7 Å². The van der Waals surface area contributed by atoms with Gasteiger partial charge in [-0.25, -0.2) is 4.79 Å². The van der Waals surface area contributed by atoms with Gasteiger partial charge in [0.1, 0.15) is 5.76 Å². The molecule has 1 unspecified atom stereocenters. The Morgan fingerprint density at radius 1 is 0.923 bits per heavy atom. The zero-order valence-electron chi connectivity index (χ0n) is 22.9. The number of amides is 1. The molecule has 0 aromatic heterocycles. The number of ether oxygens (including phenoxy) is 1. The highest BCUT2D eigenvalue weighted by Crippen LogP contribution is 2.66. The Morgan fingerprint density at radius 3 is 2.23 bits per heavy atom. The smallest absolute Gasteiger partial charge is 0.449 e. The second-order valence-corrected chi connectivity index (χ2v) is 12.6. The highest BCUT2D eigenvalue weighted by atomic mass is 16.7. The number of carbonyl (C=O) groups is 2. The van der Waals surface area contributed by atoms with Crippen LogP contribution >= 0.6 is 0 Å². The van der Waals surface area contributed by atoms with Gasteiger partial charge in [-0.15, -0.1) is 0 Å². The highest BCUT2D eigenvalue weighted by molar-refractivity contribution is 5.81. The minimum Gasteiger partial charge on any atom is -0.449 e. The molecule has 5 nitrogen and oxygen atoms in total. The molecule has 5 heteroatoms. The van der Waals surface area contributed by atoms with E-state index in [1.54, 1.807) is 0 Å². The van der Waals surface area contributed by atoms with E-state index in [4.69, 9.17) is 9.84 Å². The topological polar surface area (TPSA) is 75.6 Å². The van der Waals surface area contributed by atoms with Gasteiger partial charge in [0.05, 0.1) is 6.04 Å². The zero-order chi connectivity index (χ0) is 27.2. The van der Waals surface area contributed by atoms with Crippen LogP contribution in [0, 0.1) is 34.5 Å². The lowest BCUT2D eigenvalue weighted by molar-refractivity contribution is -0.132. The van der Waals surface area contributed by atoms with Crippen LogP contribution in [-0.2, 0) is 9.53 Å². The van der Waals surface area contributed by atoms with Crippen molar-refractivity contribution in [2.75, 3.05) is 0 Å². The zero-order valence-corrected chi connectivity index (χ0v) is 22.9. The quantitative estimate of drug-likeness (QED) is 0.393. The Balaban J connectivity index is 1.23. The van der Waals surface area contributed by atoms with E-state index in [9.17, 15) is 9.59 Å². The summed E-state index contributed by atoms with van der Waals surface area (Å²) in [6, 6.07) is 20.4. The highest BCUT2D eigenvalue weighted by Gasteiger charge is 2.59. The van der Waals surface area contributed by atoms with Crippen LogP contribution in [-0.4, -0.2) is 17.2 Å². The standard InChI is InChI=1S/C34H39NO4/c1-33-19-17-25(39-32(37)38)21-24(33)13-14-26-27-15-16-29(34(27,2)20-18-28(26)33)31(36)35-30(22-9-5-3-6-10-22)23-11-7-4-8-12-23/h3-13,21,26-30H,14-20H2,1-2H3,(H,35,36)(H,37,38)/t26-,27-,28-,29?,33-,34-/m0/s1. The average molecular weight is 526 g/mol. The summed E-state index contributed by atoms with van der Waals surface area (Å²) in [6.45, 7) is 4.75. The van der Waals surface area contributed by atoms with E-state index < -0.39 is 6.16 Å². The van der Waals surface area contributed by atoms with Crippen molar-refractivity contribution in [1.82, 2.24) is 5.32 Å². The van der Waals surface area contributed by atoms with E-state index in [2.05, 4.69) is 49.5 Å². The Morgan fingerprint density at radius 2 is 1.59 bits per heavy atom. The van der Waals surface area contributed by atoms with Gasteiger partial charge < -0.3 is 15.2 Å². The molecule has 2 saturated carbocycles. The molecule has 1 amide bonds. The maximum absolute atomic E-state index is 14.0. The van der Waals surface area contributed by atoms with Crippen molar-refractivity contribution in [2.24, 2.45) is 34.5 Å². The molecule has 2 N–H and O–H groups in total. The predicted octanol–water partition coefficient (Wildman–Crippen LogP) is 7.66. The Labute approximate surface area is 231 Å². The number of fused-ring (bicyclic) bond motifs is 5. The summed E-state index contributed by atoms with van der Waals surface area (Å²) < 4.78 is 5.03. The van der Waals surface area contributed by atoms with E-state index >= 15 is 0 Å². The summed E-state index contributed by atoms with van der Waals surface area (Å²) in [5, 5.41) is 12.6. The van der Waals surface area contributed by atoms with Gasteiger partial charge in [0.25, 0.3) is 0 Å². The van der Waals surface area contributed by atoms with Gasteiger partial charge >= 0.3 is 6.16 Å². The number of nitrogens with one attached hydrogen (secondary N) is 1. The molecule has 4 aliphatic rings. The fourth-order valence-electron chi connectivity index (χ4n) is 8.82. The predicted molar refractivity (Wildman–Crippen MR) is 151 cm³/mol. The number of hydrogen-bond acceptors (Lipinski definition) is 3. The molecule has 204 valence electrons. The third-order valence-electron chi connectivity index (χ3n) is 10.8. The molecule has 0 aliphatic heterocycles. The molecule has 6 atom stereocenters. The lowest BCUT2D eigenvalue weighted by atomic mass is 9.48. The van der Waals surface area contributed by atoms with Crippen LogP contribution in [0.15, 0.2) is 84.1 Å². The van der Waals surface area contributed by atoms with E-state index in [1.165, 1.54) is 5.57 Å². The number of benzene rings is 2. The molecule has 2 aromatic rings. The summed E-state index contributed by atoms with van der Waals surface area (Å²) in [5.74, 6) is 2.40. The van der Waals surface area contributed by atoms with E-state index in [0.717, 1.165) is 49.7 Å². The normalized spacial score (nSPS) is 33.2. The van der Waals surface area contributed by atoms with Crippen molar-refractivity contribution in [1.29, 1.82) is 0 Å². The van der Waals surface area contributed by atoms with Crippen molar-refractivity contribution in [3.8, 4) is 0 Å². The Kier molecular flexibility index (Phi) is 6.65. The average Bonchev–Trinajstić information content (AvgIpc) is 3.30. The van der Waals surface area contributed by atoms with Gasteiger partial charge in [-0.1, -0.05) is 80.6 Å². The number of carbonyl (C=O) groups excluding carboxylic acids is 1. The molecule has 0 spiro atoms. The lowest BCUT2D eigenvalue weighted by Gasteiger charge is -2.56. The number of hydrogen-bond donors (Lipinski definition) is 2. The molecule has 0 saturated heterocycles. The van der Waals surface area contributed by atoms with Crippen molar-refractivity contribution in [3.63, 3.8) is 0 Å². The molecule has 39 heavy (non-hydrogen) atoms. The van der Waals surface area contributed by atoms with Crippen LogP contribution in [0.4, 0.5) is 4.79 Å². The van der Waals surface area contributed by atoms with Gasteiger partial charge in [0.2, 0.25) is 5.91 Å². The van der Waals surface area contributed by atoms with Gasteiger partial charge in [-0.05, 0) is 89.9 Å². The Hall–Kier alpha value is -3.34. The summed E-state index contributed by atoms with van der Waals surface area (Å²) in [6.07, 6.45) is 9.88. The maximum atomic E-state index is 14.0. The van der Waals surface area contributed by atoms with E-state index in [0.29, 0.717) is 29.9 Å². The number of rotatable bonds is 5. The molecular weight excluding hydrogens is 486 g/mol. The molecule has 0 heterocycles. The van der Waals surface area contributed by atoms with Gasteiger partial charge in [-0.2, -0.15) is 0 Å². The van der Waals surface area contributed by atoms with Crippen molar-refractivity contribution in [2.45, 2.75) is 64.8 Å². The van der Waals surface area contributed by atoms with Crippen molar-refractivity contribution >= 4 is 12.1 Å². The summed E-state index contributed by atoms with van der Waals surface area (Å²) >= 11 is 0. The molecule has 2 aromatic carbocycles. The molecule has 4 aliphatic carbocycles. The maximum Gasteiger partial charge on any atom is 0.511 e. The fourth-order valence-corrected chi connectivity index (χ4v) is 8.82. The number of carboxylic acid groups (broad SMARTS) is 1. The van der Waals surface area contributed by atoms with Gasteiger partial charge in [-0.3, -0.25) is 4.79 Å². The van der Waals surface area contributed by atoms with Crippen LogP contribution in [0.5, 0.6) is 0 Å². The summed E-state index contributed by atoms with van der Waals surface area (Å²) in [4.78, 5) is 25.1. The Bertz CT molecular complexity index is 1260. The second kappa shape index (κ2) is 10.0. The summed E-state index contributed by atoms with van der Waals surface area (Å²) in [5.41, 5.74) is 3.50. The second-order valence-electron chi connectivity index (χ2n) is 12.6. The fraction of sp³-hybridized carbons (Fsp3) is 0.471. The molecule has 2 fully saturated rings. The first-order chi connectivity index (χ1) is 18.8. The third kappa shape index (κ3) is 4.50. The van der Waals surface area contributed by atoms with Crippen LogP contribution < -0.4 is 5.32 Å². The van der Waals surface area contributed by atoms with Gasteiger partial charge in [0.15, 0.2) is 0 Å². The van der Waals surface area contributed by atoms with Gasteiger partial charge in [0, 0.05) is 12.3 Å². The largest absolute Gasteiger partial charge is 0.511 e.